The number of nitrogens with one attached hydrogen (secondary N) is 2. The molecular formula is C22H37IN6O. The molecule has 1 fully saturated rings. The summed E-state index contributed by atoms with van der Waals surface area (Å²) in [5.74, 6) is 1.52. The van der Waals surface area contributed by atoms with Crippen LogP contribution in [0.3, 0.4) is 0 Å². The molecule has 0 amide bonds. The van der Waals surface area contributed by atoms with Gasteiger partial charge in [0.25, 0.3) is 0 Å². The van der Waals surface area contributed by atoms with Gasteiger partial charge >= 0.3 is 0 Å². The average Bonchev–Trinajstić information content (AvgIpc) is 3.10. The van der Waals surface area contributed by atoms with Crippen molar-refractivity contribution in [3.8, 4) is 0 Å². The number of aryl methyl sites for hydroxylation is 1. The van der Waals surface area contributed by atoms with Gasteiger partial charge in [-0.25, -0.2) is 4.98 Å². The summed E-state index contributed by atoms with van der Waals surface area (Å²) in [5.41, 5.74) is 3.31. The topological polar surface area (TPSA) is 66.2 Å². The molecule has 2 aromatic heterocycles. The summed E-state index contributed by atoms with van der Waals surface area (Å²) in [5, 5.41) is 6.76. The molecule has 0 aliphatic carbocycles. The maximum atomic E-state index is 5.92. The van der Waals surface area contributed by atoms with Crippen LogP contribution in [0, 0.1) is 12.8 Å². The van der Waals surface area contributed by atoms with E-state index in [-0.39, 0.29) is 30.1 Å². The molecule has 1 aliphatic rings. The van der Waals surface area contributed by atoms with Gasteiger partial charge in [0, 0.05) is 51.5 Å². The number of morpholine rings is 1. The van der Waals surface area contributed by atoms with Crippen molar-refractivity contribution in [2.45, 2.75) is 40.2 Å². The lowest BCUT2D eigenvalue weighted by molar-refractivity contribution is -0.0261. The number of hydrogen-bond donors (Lipinski definition) is 2. The average molecular weight is 528 g/mol. The van der Waals surface area contributed by atoms with Crippen molar-refractivity contribution in [2.24, 2.45) is 10.9 Å². The van der Waals surface area contributed by atoms with Gasteiger partial charge < -0.3 is 19.8 Å². The SMILES string of the molecule is CCNC(=NCC1CN(CC(C)C)CCO1)NCCc1cn2cccc(C)c2n1.I. The van der Waals surface area contributed by atoms with E-state index in [4.69, 9.17) is 14.7 Å². The minimum atomic E-state index is 0. The molecule has 8 heteroatoms. The Morgan fingerprint density at radius 3 is 2.93 bits per heavy atom. The quantitative estimate of drug-likeness (QED) is 0.314. The molecule has 1 atom stereocenters. The zero-order chi connectivity index (χ0) is 20.6. The summed E-state index contributed by atoms with van der Waals surface area (Å²) < 4.78 is 8.01. The predicted molar refractivity (Wildman–Crippen MR) is 134 cm³/mol. The Morgan fingerprint density at radius 2 is 2.20 bits per heavy atom. The molecule has 1 unspecified atom stereocenters. The van der Waals surface area contributed by atoms with E-state index in [0.29, 0.717) is 12.5 Å². The second kappa shape index (κ2) is 12.5. The Bertz CT molecular complexity index is 806. The van der Waals surface area contributed by atoms with Gasteiger partial charge in [0.2, 0.25) is 0 Å². The van der Waals surface area contributed by atoms with Gasteiger partial charge in [-0.15, -0.1) is 24.0 Å². The molecule has 0 bridgehead atoms. The van der Waals surface area contributed by atoms with Crippen LogP contribution in [0.1, 0.15) is 32.0 Å². The van der Waals surface area contributed by atoms with Crippen molar-refractivity contribution < 1.29 is 4.74 Å². The maximum absolute atomic E-state index is 5.92. The van der Waals surface area contributed by atoms with Gasteiger partial charge in [0.1, 0.15) is 5.65 Å². The number of imidazole rings is 1. The van der Waals surface area contributed by atoms with Crippen LogP contribution in [-0.2, 0) is 11.2 Å². The second-order valence-electron chi connectivity index (χ2n) is 8.20. The van der Waals surface area contributed by atoms with Crippen LogP contribution < -0.4 is 10.6 Å². The number of halogens is 1. The number of hydrogen-bond acceptors (Lipinski definition) is 4. The van der Waals surface area contributed by atoms with Crippen LogP contribution in [0.5, 0.6) is 0 Å². The normalized spacial score (nSPS) is 17.9. The van der Waals surface area contributed by atoms with E-state index in [1.165, 1.54) is 5.56 Å². The lowest BCUT2D eigenvalue weighted by Crippen LogP contribution is -2.46. The highest BCUT2D eigenvalue weighted by Crippen LogP contribution is 2.10. The van der Waals surface area contributed by atoms with Gasteiger partial charge in [-0.05, 0) is 31.4 Å². The van der Waals surface area contributed by atoms with Crippen molar-refractivity contribution >= 4 is 35.6 Å². The number of pyridine rings is 1. The summed E-state index contributed by atoms with van der Waals surface area (Å²) in [4.78, 5) is 12.0. The van der Waals surface area contributed by atoms with Crippen LogP contribution in [0.25, 0.3) is 5.65 Å². The third kappa shape index (κ3) is 7.39. The van der Waals surface area contributed by atoms with Gasteiger partial charge in [-0.3, -0.25) is 9.89 Å². The van der Waals surface area contributed by atoms with E-state index in [1.807, 2.05) is 6.20 Å². The Hall–Kier alpha value is -1.39. The van der Waals surface area contributed by atoms with E-state index in [2.05, 4.69) is 66.0 Å². The van der Waals surface area contributed by atoms with Crippen molar-refractivity contribution in [1.82, 2.24) is 24.9 Å². The zero-order valence-electron chi connectivity index (χ0n) is 18.7. The zero-order valence-corrected chi connectivity index (χ0v) is 21.1. The molecule has 168 valence electrons. The molecule has 0 aromatic carbocycles. The second-order valence-corrected chi connectivity index (χ2v) is 8.20. The Morgan fingerprint density at radius 1 is 1.37 bits per heavy atom. The van der Waals surface area contributed by atoms with E-state index >= 15 is 0 Å². The molecule has 30 heavy (non-hydrogen) atoms. The molecule has 7 nitrogen and oxygen atoms in total. The monoisotopic (exact) mass is 528 g/mol. The first-order valence-electron chi connectivity index (χ1n) is 10.8. The fraction of sp³-hybridized carbons (Fsp3) is 0.636. The molecule has 1 aliphatic heterocycles. The van der Waals surface area contributed by atoms with E-state index in [9.17, 15) is 0 Å². The van der Waals surface area contributed by atoms with Crippen molar-refractivity contribution in [2.75, 3.05) is 45.9 Å². The molecule has 2 aromatic rings. The highest BCUT2D eigenvalue weighted by Gasteiger charge is 2.20. The van der Waals surface area contributed by atoms with Gasteiger partial charge in [-0.1, -0.05) is 19.9 Å². The number of aromatic nitrogens is 2. The van der Waals surface area contributed by atoms with Crippen molar-refractivity contribution in [1.29, 1.82) is 0 Å². The standard InChI is InChI=1S/C22H36N6O.HI/c1-5-23-22(25-13-20-16-27(11-12-29-20)14-17(2)3)24-9-8-19-15-28-10-6-7-18(4)21(28)26-19;/h6-7,10,15,17,20H,5,8-9,11-14,16H2,1-4H3,(H2,23,24,25);1H. The molecule has 1 saturated heterocycles. The highest BCUT2D eigenvalue weighted by atomic mass is 127. The third-order valence-corrected chi connectivity index (χ3v) is 5.04. The summed E-state index contributed by atoms with van der Waals surface area (Å²) in [6.07, 6.45) is 5.17. The molecule has 3 heterocycles. The first-order chi connectivity index (χ1) is 14.0. The van der Waals surface area contributed by atoms with Crippen molar-refractivity contribution in [3.63, 3.8) is 0 Å². The van der Waals surface area contributed by atoms with Crippen LogP contribution in [0.15, 0.2) is 29.5 Å². The minimum Gasteiger partial charge on any atom is -0.374 e. The van der Waals surface area contributed by atoms with Gasteiger partial charge in [0.05, 0.1) is 24.9 Å². The fourth-order valence-corrected chi connectivity index (χ4v) is 3.74. The van der Waals surface area contributed by atoms with E-state index in [0.717, 1.165) is 63.1 Å². The van der Waals surface area contributed by atoms with Crippen LogP contribution in [0.4, 0.5) is 0 Å². The Kier molecular flexibility index (Phi) is 10.3. The molecule has 0 saturated carbocycles. The molecular weight excluding hydrogens is 491 g/mol. The van der Waals surface area contributed by atoms with Crippen LogP contribution in [-0.4, -0.2) is 72.2 Å². The predicted octanol–water partition coefficient (Wildman–Crippen LogP) is 2.72. The lowest BCUT2D eigenvalue weighted by atomic mass is 10.2. The Balaban J connectivity index is 0.00000320. The highest BCUT2D eigenvalue weighted by molar-refractivity contribution is 14.0. The lowest BCUT2D eigenvalue weighted by Gasteiger charge is -2.33. The number of guanidine groups is 1. The number of nitrogens with zero attached hydrogens (tertiary/aromatic N) is 4. The van der Waals surface area contributed by atoms with Gasteiger partial charge in [0.15, 0.2) is 5.96 Å². The largest absolute Gasteiger partial charge is 0.374 e. The first kappa shape index (κ1) is 24.9. The third-order valence-electron chi connectivity index (χ3n) is 5.04. The number of rotatable bonds is 8. The summed E-state index contributed by atoms with van der Waals surface area (Å²) in [6, 6.07) is 4.15. The maximum Gasteiger partial charge on any atom is 0.191 e. The van der Waals surface area contributed by atoms with E-state index in [1.54, 1.807) is 0 Å². The fourth-order valence-electron chi connectivity index (χ4n) is 3.74. The minimum absolute atomic E-state index is 0. The summed E-state index contributed by atoms with van der Waals surface area (Å²) >= 11 is 0. The van der Waals surface area contributed by atoms with Gasteiger partial charge in [-0.2, -0.15) is 0 Å². The first-order valence-corrected chi connectivity index (χ1v) is 10.8. The molecule has 2 N–H and O–H groups in total. The number of aliphatic imine (C=N–C) groups is 1. The summed E-state index contributed by atoms with van der Waals surface area (Å²) in [7, 11) is 0. The molecule has 0 spiro atoms. The van der Waals surface area contributed by atoms with Crippen LogP contribution in [0.2, 0.25) is 0 Å². The molecule has 3 rings (SSSR count). The van der Waals surface area contributed by atoms with E-state index < -0.39 is 0 Å². The Labute approximate surface area is 197 Å². The smallest absolute Gasteiger partial charge is 0.191 e. The van der Waals surface area contributed by atoms with Crippen LogP contribution >= 0.6 is 24.0 Å². The summed E-state index contributed by atoms with van der Waals surface area (Å²) in [6.45, 7) is 14.9. The molecule has 0 radical (unpaired) electrons. The van der Waals surface area contributed by atoms with Crippen molar-refractivity contribution in [3.05, 3.63) is 35.8 Å². The number of ether oxygens (including phenoxy) is 1. The number of fused-ring (bicyclic) bond motifs is 1.